The van der Waals surface area contributed by atoms with Gasteiger partial charge in [-0.15, -0.1) is 0 Å². The number of hydrogen-bond acceptors (Lipinski definition) is 2. The molecule has 2 rings (SSSR count). The van der Waals surface area contributed by atoms with Crippen molar-refractivity contribution >= 4 is 11.6 Å². The van der Waals surface area contributed by atoms with Gasteiger partial charge < -0.3 is 0 Å². The maximum absolute atomic E-state index is 5.86. The highest BCUT2D eigenvalue weighted by molar-refractivity contribution is 6.28. The van der Waals surface area contributed by atoms with Crippen LogP contribution in [-0.2, 0) is 0 Å². The summed E-state index contributed by atoms with van der Waals surface area (Å²) >= 11 is 5.86. The van der Waals surface area contributed by atoms with Crippen molar-refractivity contribution in [2.75, 3.05) is 0 Å². The molecule has 0 unspecified atom stereocenters. The molecule has 0 atom stereocenters. The van der Waals surface area contributed by atoms with Crippen molar-refractivity contribution in [2.24, 2.45) is 0 Å². The van der Waals surface area contributed by atoms with Crippen LogP contribution in [0.5, 0.6) is 0 Å². The highest BCUT2D eigenvalue weighted by atomic mass is 35.5. The summed E-state index contributed by atoms with van der Waals surface area (Å²) in [5.41, 5.74) is 5.30. The number of aromatic nitrogens is 2. The Morgan fingerprint density at radius 3 is 2.06 bits per heavy atom. The number of halogens is 1. The first-order valence-corrected chi connectivity index (χ1v) is 5.52. The van der Waals surface area contributed by atoms with Crippen LogP contribution in [-0.4, -0.2) is 9.97 Å². The molecule has 2 aromatic rings. The topological polar surface area (TPSA) is 25.8 Å². The Kier molecular flexibility index (Phi) is 2.92. The van der Waals surface area contributed by atoms with Gasteiger partial charge in [-0.2, -0.15) is 0 Å². The van der Waals surface area contributed by atoms with Gasteiger partial charge in [-0.25, -0.2) is 9.97 Å². The molecule has 0 aliphatic rings. The quantitative estimate of drug-likeness (QED) is 0.701. The van der Waals surface area contributed by atoms with E-state index in [-0.39, 0.29) is 0 Å². The molecule has 82 valence electrons. The number of aryl methyl sites for hydroxylation is 3. The van der Waals surface area contributed by atoms with E-state index >= 15 is 0 Å². The summed E-state index contributed by atoms with van der Waals surface area (Å²) in [4.78, 5) is 8.30. The van der Waals surface area contributed by atoms with E-state index in [2.05, 4.69) is 42.0 Å². The van der Waals surface area contributed by atoms with Gasteiger partial charge in [-0.05, 0) is 50.6 Å². The van der Waals surface area contributed by atoms with Crippen LogP contribution in [0.2, 0.25) is 5.28 Å². The molecule has 16 heavy (non-hydrogen) atoms. The standard InChI is InChI=1S/C13H13ClN2/c1-8-4-9(2)6-11(5-8)12-7-10(3)15-13(14)16-12/h4-7H,1-3H3. The van der Waals surface area contributed by atoms with Crippen molar-refractivity contribution in [1.82, 2.24) is 9.97 Å². The number of nitrogens with zero attached hydrogens (tertiary/aromatic N) is 2. The molecule has 2 nitrogen and oxygen atoms in total. The molecule has 0 radical (unpaired) electrons. The highest BCUT2D eigenvalue weighted by Gasteiger charge is 2.04. The number of rotatable bonds is 1. The molecule has 0 N–H and O–H groups in total. The van der Waals surface area contributed by atoms with Crippen LogP contribution in [0.3, 0.4) is 0 Å². The molecule has 0 amide bonds. The second kappa shape index (κ2) is 4.22. The van der Waals surface area contributed by atoms with Crippen molar-refractivity contribution in [1.29, 1.82) is 0 Å². The zero-order chi connectivity index (χ0) is 11.7. The largest absolute Gasteiger partial charge is 0.223 e. The Bertz CT molecular complexity index is 445. The summed E-state index contributed by atoms with van der Waals surface area (Å²) in [7, 11) is 0. The highest BCUT2D eigenvalue weighted by Crippen LogP contribution is 2.21. The minimum atomic E-state index is 0.300. The summed E-state index contributed by atoms with van der Waals surface area (Å²) in [5.74, 6) is 0. The minimum Gasteiger partial charge on any atom is -0.223 e. The second-order valence-electron chi connectivity index (χ2n) is 4.04. The van der Waals surface area contributed by atoms with E-state index in [4.69, 9.17) is 11.6 Å². The Balaban J connectivity index is 2.57. The molecule has 1 heterocycles. The van der Waals surface area contributed by atoms with Crippen LogP contribution in [0, 0.1) is 20.8 Å². The lowest BCUT2D eigenvalue weighted by molar-refractivity contribution is 1.11. The van der Waals surface area contributed by atoms with Crippen molar-refractivity contribution < 1.29 is 0 Å². The third-order valence-electron chi connectivity index (χ3n) is 2.34. The molecule has 1 aromatic heterocycles. The van der Waals surface area contributed by atoms with E-state index in [1.165, 1.54) is 11.1 Å². The Hall–Kier alpha value is -1.41. The third kappa shape index (κ3) is 2.39. The van der Waals surface area contributed by atoms with Crippen molar-refractivity contribution in [2.45, 2.75) is 20.8 Å². The fourth-order valence-corrected chi connectivity index (χ4v) is 2.03. The molecule has 0 saturated heterocycles. The lowest BCUT2D eigenvalue weighted by Crippen LogP contribution is -1.91. The number of hydrogen-bond donors (Lipinski definition) is 0. The van der Waals surface area contributed by atoms with Gasteiger partial charge in [0.15, 0.2) is 0 Å². The monoisotopic (exact) mass is 232 g/mol. The van der Waals surface area contributed by atoms with E-state index < -0.39 is 0 Å². The fraction of sp³-hybridized carbons (Fsp3) is 0.231. The van der Waals surface area contributed by atoms with Gasteiger partial charge in [0, 0.05) is 11.3 Å². The fourth-order valence-electron chi connectivity index (χ4n) is 1.80. The maximum Gasteiger partial charge on any atom is 0.223 e. The Labute approximate surface area is 100 Å². The predicted molar refractivity (Wildman–Crippen MR) is 66.7 cm³/mol. The van der Waals surface area contributed by atoms with Gasteiger partial charge in [0.1, 0.15) is 0 Å². The molecule has 0 spiro atoms. The SMILES string of the molecule is Cc1cc(C)cc(-c2cc(C)nc(Cl)n2)c1. The zero-order valence-corrected chi connectivity index (χ0v) is 10.3. The van der Waals surface area contributed by atoms with Crippen molar-refractivity contribution in [3.05, 3.63) is 46.4 Å². The van der Waals surface area contributed by atoms with Gasteiger partial charge in [0.2, 0.25) is 5.28 Å². The third-order valence-corrected chi connectivity index (χ3v) is 2.51. The van der Waals surface area contributed by atoms with Crippen LogP contribution in [0.4, 0.5) is 0 Å². The maximum atomic E-state index is 5.86. The molecular weight excluding hydrogens is 220 g/mol. The lowest BCUT2D eigenvalue weighted by Gasteiger charge is -2.05. The van der Waals surface area contributed by atoms with Gasteiger partial charge in [0.25, 0.3) is 0 Å². The Morgan fingerprint density at radius 1 is 0.875 bits per heavy atom. The van der Waals surface area contributed by atoms with Gasteiger partial charge in [0.05, 0.1) is 5.69 Å². The summed E-state index contributed by atoms with van der Waals surface area (Å²) < 4.78 is 0. The normalized spacial score (nSPS) is 10.5. The first-order valence-electron chi connectivity index (χ1n) is 5.14. The van der Waals surface area contributed by atoms with E-state index in [1.807, 2.05) is 13.0 Å². The van der Waals surface area contributed by atoms with E-state index in [0.29, 0.717) is 5.28 Å². The second-order valence-corrected chi connectivity index (χ2v) is 4.38. The molecule has 0 aliphatic carbocycles. The van der Waals surface area contributed by atoms with Gasteiger partial charge >= 0.3 is 0 Å². The molecule has 0 bridgehead atoms. The van der Waals surface area contributed by atoms with Gasteiger partial charge in [-0.1, -0.05) is 17.2 Å². The molecule has 0 fully saturated rings. The molecule has 3 heteroatoms. The Morgan fingerprint density at radius 2 is 1.50 bits per heavy atom. The molecule has 1 aromatic carbocycles. The van der Waals surface area contributed by atoms with E-state index in [1.54, 1.807) is 0 Å². The molecule has 0 saturated carbocycles. The summed E-state index contributed by atoms with van der Waals surface area (Å²) in [6.45, 7) is 6.07. The lowest BCUT2D eigenvalue weighted by atomic mass is 10.0. The molecular formula is C13H13ClN2. The number of benzene rings is 1. The van der Waals surface area contributed by atoms with E-state index in [9.17, 15) is 0 Å². The van der Waals surface area contributed by atoms with Crippen molar-refractivity contribution in [3.8, 4) is 11.3 Å². The van der Waals surface area contributed by atoms with Crippen LogP contribution in [0.15, 0.2) is 24.3 Å². The van der Waals surface area contributed by atoms with Crippen LogP contribution < -0.4 is 0 Å². The predicted octanol–water partition coefficient (Wildman–Crippen LogP) is 3.72. The summed E-state index contributed by atoms with van der Waals surface area (Å²) in [5, 5.41) is 0.300. The van der Waals surface area contributed by atoms with Gasteiger partial charge in [-0.3, -0.25) is 0 Å². The summed E-state index contributed by atoms with van der Waals surface area (Å²) in [6.07, 6.45) is 0. The zero-order valence-electron chi connectivity index (χ0n) is 9.58. The van der Waals surface area contributed by atoms with Crippen LogP contribution >= 0.6 is 11.6 Å². The average molecular weight is 233 g/mol. The smallest absolute Gasteiger partial charge is 0.223 e. The first-order chi connectivity index (χ1) is 7.54. The average Bonchev–Trinajstić information content (AvgIpc) is 2.14. The van der Waals surface area contributed by atoms with Crippen LogP contribution in [0.25, 0.3) is 11.3 Å². The first kappa shape index (κ1) is 11.1. The van der Waals surface area contributed by atoms with Crippen molar-refractivity contribution in [3.63, 3.8) is 0 Å². The summed E-state index contributed by atoms with van der Waals surface area (Å²) in [6, 6.07) is 8.29. The van der Waals surface area contributed by atoms with E-state index in [0.717, 1.165) is 17.0 Å². The van der Waals surface area contributed by atoms with Crippen LogP contribution in [0.1, 0.15) is 16.8 Å². The molecule has 0 aliphatic heterocycles. The minimum absolute atomic E-state index is 0.300.